The first-order valence-electron chi connectivity index (χ1n) is 11.0. The molecular weight excluding hydrogens is 402 g/mol. The number of ether oxygens (including phenoxy) is 1. The number of benzene rings is 3. The van der Waals surface area contributed by atoms with Gasteiger partial charge in [0.25, 0.3) is 0 Å². The lowest BCUT2D eigenvalue weighted by Crippen LogP contribution is -2.48. The summed E-state index contributed by atoms with van der Waals surface area (Å²) in [6.07, 6.45) is 0. The number of furan rings is 1. The van der Waals surface area contributed by atoms with Gasteiger partial charge in [-0.05, 0) is 17.7 Å². The first-order valence-corrected chi connectivity index (χ1v) is 11.0. The highest BCUT2D eigenvalue weighted by atomic mass is 16.5. The third-order valence-corrected chi connectivity index (χ3v) is 6.05. The summed E-state index contributed by atoms with van der Waals surface area (Å²) in [5.74, 6) is 0.584. The molecule has 1 fully saturated rings. The minimum Gasteiger partial charge on any atom is -0.495 e. The number of para-hydroxylation sites is 1. The number of hydrogen-bond donors (Lipinski definition) is 1. The van der Waals surface area contributed by atoms with Gasteiger partial charge in [0.1, 0.15) is 16.9 Å². The van der Waals surface area contributed by atoms with Gasteiger partial charge < -0.3 is 14.5 Å². The zero-order chi connectivity index (χ0) is 21.9. The molecule has 0 spiro atoms. The SMILES string of the molecule is COc1cc2c(cc1NC(=O)CN1CCN(Cc3ccccc3)CC1)oc1ccccc12. The van der Waals surface area contributed by atoms with Crippen molar-refractivity contribution in [1.29, 1.82) is 0 Å². The summed E-state index contributed by atoms with van der Waals surface area (Å²) < 4.78 is 11.5. The number of carbonyl (C=O) groups is 1. The van der Waals surface area contributed by atoms with E-state index in [1.807, 2.05) is 42.5 Å². The van der Waals surface area contributed by atoms with Crippen molar-refractivity contribution in [3.63, 3.8) is 0 Å². The van der Waals surface area contributed by atoms with Crippen molar-refractivity contribution >= 4 is 33.5 Å². The van der Waals surface area contributed by atoms with Gasteiger partial charge in [0, 0.05) is 49.6 Å². The quantitative estimate of drug-likeness (QED) is 0.494. The predicted octanol–water partition coefficient (Wildman–Crippen LogP) is 4.35. The Labute approximate surface area is 187 Å². The van der Waals surface area contributed by atoms with Crippen LogP contribution in [-0.4, -0.2) is 55.5 Å². The van der Waals surface area contributed by atoms with Crippen LogP contribution in [-0.2, 0) is 11.3 Å². The first-order chi connectivity index (χ1) is 15.7. The van der Waals surface area contributed by atoms with E-state index >= 15 is 0 Å². The smallest absolute Gasteiger partial charge is 0.238 e. The molecule has 1 aromatic heterocycles. The molecule has 0 saturated carbocycles. The lowest BCUT2D eigenvalue weighted by molar-refractivity contribution is -0.117. The maximum Gasteiger partial charge on any atom is 0.238 e. The molecule has 4 aromatic rings. The van der Waals surface area contributed by atoms with Gasteiger partial charge in [-0.15, -0.1) is 0 Å². The fourth-order valence-electron chi connectivity index (χ4n) is 4.36. The van der Waals surface area contributed by atoms with E-state index in [2.05, 4.69) is 39.4 Å². The van der Waals surface area contributed by atoms with Gasteiger partial charge in [-0.25, -0.2) is 0 Å². The van der Waals surface area contributed by atoms with E-state index in [4.69, 9.17) is 9.15 Å². The van der Waals surface area contributed by atoms with Crippen LogP contribution in [0.15, 0.2) is 71.1 Å². The Morgan fingerprint density at radius 2 is 1.62 bits per heavy atom. The molecule has 1 aliphatic rings. The molecule has 0 unspecified atom stereocenters. The summed E-state index contributed by atoms with van der Waals surface area (Å²) in [6.45, 7) is 4.98. The molecule has 3 aromatic carbocycles. The van der Waals surface area contributed by atoms with Gasteiger partial charge in [-0.2, -0.15) is 0 Å². The Kier molecular flexibility index (Phi) is 5.79. The standard InChI is InChI=1S/C26H27N3O3/c1-31-25-15-21-20-9-5-6-10-23(20)32-24(21)16-22(25)27-26(30)18-29-13-11-28(12-14-29)17-19-7-3-2-4-8-19/h2-10,15-16H,11-14,17-18H2,1H3,(H,27,30). The third-order valence-electron chi connectivity index (χ3n) is 6.05. The van der Waals surface area contributed by atoms with Crippen LogP contribution < -0.4 is 10.1 Å². The number of methoxy groups -OCH3 is 1. The number of carbonyl (C=O) groups excluding carboxylic acids is 1. The number of rotatable bonds is 6. The van der Waals surface area contributed by atoms with Gasteiger partial charge in [0.05, 0.1) is 19.3 Å². The van der Waals surface area contributed by atoms with E-state index in [9.17, 15) is 4.79 Å². The van der Waals surface area contributed by atoms with Gasteiger partial charge in [-0.1, -0.05) is 48.5 Å². The molecule has 6 nitrogen and oxygen atoms in total. The first kappa shape index (κ1) is 20.5. The van der Waals surface area contributed by atoms with Crippen LogP contribution >= 0.6 is 0 Å². The second-order valence-corrected chi connectivity index (χ2v) is 8.23. The van der Waals surface area contributed by atoms with Crippen molar-refractivity contribution in [1.82, 2.24) is 9.80 Å². The van der Waals surface area contributed by atoms with Crippen LogP contribution in [0.3, 0.4) is 0 Å². The topological polar surface area (TPSA) is 58.0 Å². The van der Waals surface area contributed by atoms with E-state index in [0.717, 1.165) is 54.7 Å². The van der Waals surface area contributed by atoms with Crippen LogP contribution in [0.5, 0.6) is 5.75 Å². The fourth-order valence-corrected chi connectivity index (χ4v) is 4.36. The van der Waals surface area contributed by atoms with Gasteiger partial charge in [0.15, 0.2) is 0 Å². The molecule has 0 aliphatic carbocycles. The summed E-state index contributed by atoms with van der Waals surface area (Å²) in [5, 5.41) is 5.03. The predicted molar refractivity (Wildman–Crippen MR) is 127 cm³/mol. The number of piperazine rings is 1. The van der Waals surface area contributed by atoms with Crippen LogP contribution in [0.25, 0.3) is 21.9 Å². The number of amides is 1. The maximum atomic E-state index is 12.8. The Morgan fingerprint density at radius 3 is 2.41 bits per heavy atom. The summed E-state index contributed by atoms with van der Waals surface area (Å²) in [5.41, 5.74) is 3.51. The third kappa shape index (κ3) is 4.33. The summed E-state index contributed by atoms with van der Waals surface area (Å²) in [4.78, 5) is 17.4. The highest BCUT2D eigenvalue weighted by molar-refractivity contribution is 6.07. The molecule has 1 saturated heterocycles. The Bertz CT molecular complexity index is 1230. The van der Waals surface area contributed by atoms with Gasteiger partial charge >= 0.3 is 0 Å². The second-order valence-electron chi connectivity index (χ2n) is 8.23. The molecule has 32 heavy (non-hydrogen) atoms. The Morgan fingerprint density at radius 1 is 0.906 bits per heavy atom. The zero-order valence-electron chi connectivity index (χ0n) is 18.2. The minimum atomic E-state index is -0.0460. The molecule has 164 valence electrons. The number of anilines is 1. The largest absolute Gasteiger partial charge is 0.495 e. The Hall–Kier alpha value is -3.35. The second kappa shape index (κ2) is 9.02. The maximum absolute atomic E-state index is 12.8. The highest BCUT2D eigenvalue weighted by Crippen LogP contribution is 2.36. The van der Waals surface area contributed by atoms with E-state index in [1.165, 1.54) is 5.56 Å². The average molecular weight is 430 g/mol. The number of nitrogens with zero attached hydrogens (tertiary/aromatic N) is 2. The Balaban J connectivity index is 1.22. The van der Waals surface area contributed by atoms with E-state index < -0.39 is 0 Å². The monoisotopic (exact) mass is 429 g/mol. The van der Waals surface area contributed by atoms with Crippen molar-refractivity contribution < 1.29 is 13.9 Å². The average Bonchev–Trinajstić information content (AvgIpc) is 3.18. The molecule has 1 amide bonds. The number of fused-ring (bicyclic) bond motifs is 3. The van der Waals surface area contributed by atoms with Crippen LogP contribution in [0.2, 0.25) is 0 Å². The molecule has 0 radical (unpaired) electrons. The highest BCUT2D eigenvalue weighted by Gasteiger charge is 2.20. The van der Waals surface area contributed by atoms with Crippen LogP contribution in [0, 0.1) is 0 Å². The molecule has 1 N–H and O–H groups in total. The van der Waals surface area contributed by atoms with Crippen molar-refractivity contribution in [2.24, 2.45) is 0 Å². The summed E-state index contributed by atoms with van der Waals surface area (Å²) >= 11 is 0. The molecular formula is C26H27N3O3. The van der Waals surface area contributed by atoms with E-state index in [-0.39, 0.29) is 5.91 Å². The molecule has 1 aliphatic heterocycles. The van der Waals surface area contributed by atoms with Crippen molar-refractivity contribution in [3.8, 4) is 5.75 Å². The molecule has 6 heteroatoms. The summed E-state index contributed by atoms with van der Waals surface area (Å²) in [6, 6.07) is 22.2. The molecule has 2 heterocycles. The van der Waals surface area contributed by atoms with E-state index in [1.54, 1.807) is 7.11 Å². The van der Waals surface area contributed by atoms with Crippen molar-refractivity contribution in [2.75, 3.05) is 45.2 Å². The molecule has 0 bridgehead atoms. The molecule has 5 rings (SSSR count). The molecule has 0 atom stereocenters. The van der Waals surface area contributed by atoms with Gasteiger partial charge in [0.2, 0.25) is 5.91 Å². The lowest BCUT2D eigenvalue weighted by Gasteiger charge is -2.34. The summed E-state index contributed by atoms with van der Waals surface area (Å²) in [7, 11) is 1.62. The van der Waals surface area contributed by atoms with E-state index in [0.29, 0.717) is 18.0 Å². The minimum absolute atomic E-state index is 0.0460. The van der Waals surface area contributed by atoms with Crippen molar-refractivity contribution in [2.45, 2.75) is 6.54 Å². The van der Waals surface area contributed by atoms with Crippen LogP contribution in [0.4, 0.5) is 5.69 Å². The number of nitrogens with one attached hydrogen (secondary N) is 1. The van der Waals surface area contributed by atoms with Crippen molar-refractivity contribution in [3.05, 3.63) is 72.3 Å². The zero-order valence-corrected chi connectivity index (χ0v) is 18.2. The normalized spacial score (nSPS) is 15.3. The lowest BCUT2D eigenvalue weighted by atomic mass is 10.1. The number of hydrogen-bond acceptors (Lipinski definition) is 5. The van der Waals surface area contributed by atoms with Gasteiger partial charge in [-0.3, -0.25) is 14.6 Å². The van der Waals surface area contributed by atoms with Crippen LogP contribution in [0.1, 0.15) is 5.56 Å². The fraction of sp³-hybridized carbons (Fsp3) is 0.269.